The van der Waals surface area contributed by atoms with Gasteiger partial charge in [-0.15, -0.1) is 0 Å². The number of aliphatic hydroxyl groups is 1. The van der Waals surface area contributed by atoms with Gasteiger partial charge in [-0.25, -0.2) is 0 Å². The highest BCUT2D eigenvalue weighted by Gasteiger charge is 2.37. The molecule has 0 bridgehead atoms. The summed E-state index contributed by atoms with van der Waals surface area (Å²) in [7, 11) is 0. The fourth-order valence-electron chi connectivity index (χ4n) is 3.22. The largest absolute Gasteiger partial charge is 0.388 e. The lowest BCUT2D eigenvalue weighted by molar-refractivity contribution is 0.0407. The summed E-state index contributed by atoms with van der Waals surface area (Å²) in [6.07, 6.45) is 4.46. The lowest BCUT2D eigenvalue weighted by atomic mass is 9.79. The van der Waals surface area contributed by atoms with E-state index in [0.29, 0.717) is 6.61 Å². The Hall–Kier alpha value is -0.860. The average Bonchev–Trinajstić information content (AvgIpc) is 2.96. The Kier molecular flexibility index (Phi) is 2.72. The number of ether oxygens (including phenoxy) is 1. The van der Waals surface area contributed by atoms with Crippen molar-refractivity contribution in [1.82, 2.24) is 0 Å². The first-order valence-corrected chi connectivity index (χ1v) is 6.57. The van der Waals surface area contributed by atoms with E-state index >= 15 is 0 Å². The highest BCUT2D eigenvalue weighted by molar-refractivity contribution is 5.34. The third-order valence-electron chi connectivity index (χ3n) is 4.47. The minimum absolute atomic E-state index is 0.0771. The predicted octanol–water partition coefficient (Wildman–Crippen LogP) is 3.33. The molecule has 0 amide bonds. The summed E-state index contributed by atoms with van der Waals surface area (Å²) < 4.78 is 5.42. The van der Waals surface area contributed by atoms with E-state index in [1.807, 2.05) is 0 Å². The van der Waals surface area contributed by atoms with E-state index in [4.69, 9.17) is 4.74 Å². The molecule has 1 aliphatic carbocycles. The number of fused-ring (bicyclic) bond motifs is 1. The van der Waals surface area contributed by atoms with Gasteiger partial charge in [0.05, 0.1) is 19.3 Å². The van der Waals surface area contributed by atoms with E-state index in [1.165, 1.54) is 24.0 Å². The summed E-state index contributed by atoms with van der Waals surface area (Å²) in [4.78, 5) is 0. The van der Waals surface area contributed by atoms with Gasteiger partial charge in [-0.05, 0) is 34.9 Å². The molecule has 17 heavy (non-hydrogen) atoms. The maximum Gasteiger partial charge on any atom is 0.0843 e. The van der Waals surface area contributed by atoms with Gasteiger partial charge >= 0.3 is 0 Å². The van der Waals surface area contributed by atoms with Gasteiger partial charge in [0.25, 0.3) is 0 Å². The van der Waals surface area contributed by atoms with Crippen molar-refractivity contribution >= 4 is 0 Å². The van der Waals surface area contributed by atoms with Crippen LogP contribution in [0, 0.1) is 5.41 Å². The van der Waals surface area contributed by atoms with Gasteiger partial charge < -0.3 is 9.84 Å². The Morgan fingerprint density at radius 1 is 1.18 bits per heavy atom. The van der Waals surface area contributed by atoms with Crippen LogP contribution in [0.5, 0.6) is 0 Å². The van der Waals surface area contributed by atoms with Gasteiger partial charge in [-0.3, -0.25) is 0 Å². The molecule has 1 aliphatic heterocycles. The van der Waals surface area contributed by atoms with Gasteiger partial charge in [0.2, 0.25) is 0 Å². The van der Waals surface area contributed by atoms with Crippen molar-refractivity contribution in [3.63, 3.8) is 0 Å². The molecule has 1 N–H and O–H groups in total. The molecule has 1 aromatic carbocycles. The van der Waals surface area contributed by atoms with Crippen LogP contribution in [0.15, 0.2) is 18.2 Å². The Labute approximate surface area is 103 Å². The van der Waals surface area contributed by atoms with E-state index in [2.05, 4.69) is 25.1 Å². The van der Waals surface area contributed by atoms with Crippen LogP contribution >= 0.6 is 0 Å². The molecular formula is C15H20O2. The predicted molar refractivity (Wildman–Crippen MR) is 66.5 cm³/mol. The SMILES string of the molecule is CC1(C(O)c2ccc3c(c2)COC3)CCCC1. The number of aliphatic hydroxyl groups excluding tert-OH is 1. The van der Waals surface area contributed by atoms with E-state index in [9.17, 15) is 5.11 Å². The summed E-state index contributed by atoms with van der Waals surface area (Å²) >= 11 is 0. The van der Waals surface area contributed by atoms with E-state index < -0.39 is 0 Å². The topological polar surface area (TPSA) is 29.5 Å². The van der Waals surface area contributed by atoms with Crippen LogP contribution in [-0.4, -0.2) is 5.11 Å². The summed E-state index contributed by atoms with van der Waals surface area (Å²) in [5.74, 6) is 0. The molecule has 0 aromatic heterocycles. The normalized spacial score (nSPS) is 23.6. The van der Waals surface area contributed by atoms with Crippen molar-refractivity contribution in [2.75, 3.05) is 0 Å². The minimum Gasteiger partial charge on any atom is -0.388 e. The molecule has 2 aliphatic rings. The number of benzene rings is 1. The molecule has 1 heterocycles. The van der Waals surface area contributed by atoms with Crippen LogP contribution in [0.3, 0.4) is 0 Å². The maximum atomic E-state index is 10.6. The second-order valence-electron chi connectivity index (χ2n) is 5.78. The van der Waals surface area contributed by atoms with Gasteiger partial charge in [-0.2, -0.15) is 0 Å². The molecule has 2 heteroatoms. The Morgan fingerprint density at radius 3 is 2.65 bits per heavy atom. The highest BCUT2D eigenvalue weighted by atomic mass is 16.5. The quantitative estimate of drug-likeness (QED) is 0.847. The van der Waals surface area contributed by atoms with E-state index in [1.54, 1.807) is 0 Å². The number of hydrogen-bond donors (Lipinski definition) is 1. The summed E-state index contributed by atoms with van der Waals surface area (Å²) in [6.45, 7) is 3.64. The highest BCUT2D eigenvalue weighted by Crippen LogP contribution is 2.47. The molecule has 2 nitrogen and oxygen atoms in total. The van der Waals surface area contributed by atoms with Gasteiger partial charge in [0, 0.05) is 0 Å². The van der Waals surface area contributed by atoms with E-state index in [-0.39, 0.29) is 11.5 Å². The van der Waals surface area contributed by atoms with Crippen molar-refractivity contribution in [3.8, 4) is 0 Å². The Balaban J connectivity index is 1.88. The van der Waals surface area contributed by atoms with Crippen LogP contribution in [0.25, 0.3) is 0 Å². The Morgan fingerprint density at radius 2 is 1.88 bits per heavy atom. The zero-order chi connectivity index (χ0) is 11.9. The minimum atomic E-state index is -0.323. The number of hydrogen-bond acceptors (Lipinski definition) is 2. The molecular weight excluding hydrogens is 212 g/mol. The fourth-order valence-corrected chi connectivity index (χ4v) is 3.22. The van der Waals surface area contributed by atoms with Crippen LogP contribution in [0.4, 0.5) is 0 Å². The lowest BCUT2D eigenvalue weighted by Crippen LogP contribution is -2.22. The molecule has 0 spiro atoms. The van der Waals surface area contributed by atoms with E-state index in [0.717, 1.165) is 25.0 Å². The summed E-state index contributed by atoms with van der Waals surface area (Å²) in [5.41, 5.74) is 3.67. The van der Waals surface area contributed by atoms with Crippen molar-refractivity contribution in [1.29, 1.82) is 0 Å². The van der Waals surface area contributed by atoms with Crippen molar-refractivity contribution < 1.29 is 9.84 Å². The van der Waals surface area contributed by atoms with Gasteiger partial charge in [-0.1, -0.05) is 38.0 Å². The fraction of sp³-hybridized carbons (Fsp3) is 0.600. The zero-order valence-corrected chi connectivity index (χ0v) is 10.4. The summed E-state index contributed by atoms with van der Waals surface area (Å²) in [5, 5.41) is 10.6. The van der Waals surface area contributed by atoms with Crippen LogP contribution in [0.1, 0.15) is 55.4 Å². The first-order valence-electron chi connectivity index (χ1n) is 6.57. The van der Waals surface area contributed by atoms with Crippen LogP contribution < -0.4 is 0 Å². The third-order valence-corrected chi connectivity index (χ3v) is 4.47. The first-order chi connectivity index (χ1) is 8.19. The first kappa shape index (κ1) is 11.2. The third kappa shape index (κ3) is 1.90. The smallest absolute Gasteiger partial charge is 0.0843 e. The zero-order valence-electron chi connectivity index (χ0n) is 10.4. The molecule has 1 atom stereocenters. The second kappa shape index (κ2) is 4.11. The van der Waals surface area contributed by atoms with Gasteiger partial charge in [0.1, 0.15) is 0 Å². The van der Waals surface area contributed by atoms with Crippen LogP contribution in [-0.2, 0) is 18.0 Å². The average molecular weight is 232 g/mol. The molecule has 1 aromatic rings. The summed E-state index contributed by atoms with van der Waals surface area (Å²) in [6, 6.07) is 6.32. The maximum absolute atomic E-state index is 10.6. The van der Waals surface area contributed by atoms with Crippen molar-refractivity contribution in [2.45, 2.75) is 51.9 Å². The number of rotatable bonds is 2. The molecule has 0 radical (unpaired) electrons. The molecule has 92 valence electrons. The van der Waals surface area contributed by atoms with Crippen molar-refractivity contribution in [3.05, 3.63) is 34.9 Å². The lowest BCUT2D eigenvalue weighted by Gasteiger charge is -2.30. The molecule has 1 saturated carbocycles. The molecule has 1 fully saturated rings. The monoisotopic (exact) mass is 232 g/mol. The molecule has 1 unspecified atom stereocenters. The molecule has 0 saturated heterocycles. The van der Waals surface area contributed by atoms with Gasteiger partial charge in [0.15, 0.2) is 0 Å². The van der Waals surface area contributed by atoms with Crippen LogP contribution in [0.2, 0.25) is 0 Å². The second-order valence-corrected chi connectivity index (χ2v) is 5.78. The Bertz CT molecular complexity index is 419. The standard InChI is InChI=1S/C15H20O2/c1-15(6-2-3-7-15)14(16)11-4-5-12-9-17-10-13(12)8-11/h4-5,8,14,16H,2-3,6-7,9-10H2,1H3. The van der Waals surface area contributed by atoms with Crippen molar-refractivity contribution in [2.24, 2.45) is 5.41 Å². The molecule has 3 rings (SSSR count).